The van der Waals surface area contributed by atoms with E-state index >= 15 is 0 Å². The second-order valence-electron chi connectivity index (χ2n) is 11.3. The van der Waals surface area contributed by atoms with E-state index in [1.807, 2.05) is 48.7 Å². The Bertz CT molecular complexity index is 1480. The number of nitrogens with one attached hydrogen (secondary N) is 2. The summed E-state index contributed by atoms with van der Waals surface area (Å²) in [5.74, 6) is -0.200. The lowest BCUT2D eigenvalue weighted by atomic mass is 9.93. The summed E-state index contributed by atoms with van der Waals surface area (Å²) in [6.07, 6.45) is 2.91. The van der Waals surface area contributed by atoms with Crippen molar-refractivity contribution in [3.63, 3.8) is 0 Å². The van der Waals surface area contributed by atoms with E-state index in [-0.39, 0.29) is 24.1 Å². The molecule has 42 heavy (non-hydrogen) atoms. The zero-order valence-corrected chi connectivity index (χ0v) is 25.0. The number of benzene rings is 2. The van der Waals surface area contributed by atoms with Gasteiger partial charge in [0.05, 0.1) is 19.0 Å². The lowest BCUT2D eigenvalue weighted by Crippen LogP contribution is -2.63. The number of rotatable bonds is 7. The molecular formula is C30H34BBrN6O4. The van der Waals surface area contributed by atoms with Crippen LogP contribution in [0.25, 0.3) is 11.3 Å². The Labute approximate surface area is 254 Å². The number of hydrogen-bond acceptors (Lipinski definition) is 6. The Morgan fingerprint density at radius 1 is 1.02 bits per heavy atom. The highest BCUT2D eigenvalue weighted by molar-refractivity contribution is 9.10. The predicted molar refractivity (Wildman–Crippen MR) is 164 cm³/mol. The number of likely N-dealkylation sites (tertiary alicyclic amines) is 1. The lowest BCUT2D eigenvalue weighted by molar-refractivity contribution is -0.160. The fourth-order valence-electron chi connectivity index (χ4n) is 6.00. The number of aromatic nitrogens is 2. The van der Waals surface area contributed by atoms with Gasteiger partial charge in [0, 0.05) is 48.8 Å². The van der Waals surface area contributed by atoms with Crippen LogP contribution >= 0.6 is 15.9 Å². The molecule has 3 aliphatic heterocycles. The van der Waals surface area contributed by atoms with Crippen molar-refractivity contribution < 1.29 is 14.3 Å². The van der Waals surface area contributed by atoms with Crippen LogP contribution in [0.1, 0.15) is 30.9 Å². The van der Waals surface area contributed by atoms with Crippen molar-refractivity contribution in [3.8, 4) is 11.3 Å². The van der Waals surface area contributed by atoms with Crippen LogP contribution in [0.4, 0.5) is 4.79 Å². The highest BCUT2D eigenvalue weighted by atomic mass is 79.9. The minimum absolute atomic E-state index is 0.0319. The fourth-order valence-corrected chi connectivity index (χ4v) is 6.25. The molecule has 12 heteroatoms. The monoisotopic (exact) mass is 632 g/mol. The van der Waals surface area contributed by atoms with Gasteiger partial charge in [-0.1, -0.05) is 63.9 Å². The van der Waals surface area contributed by atoms with Crippen LogP contribution in [0, 0.1) is 0 Å². The first-order chi connectivity index (χ1) is 20.4. The summed E-state index contributed by atoms with van der Waals surface area (Å²) in [6, 6.07) is 15.6. The van der Waals surface area contributed by atoms with Crippen molar-refractivity contribution in [1.29, 1.82) is 0 Å². The van der Waals surface area contributed by atoms with Crippen molar-refractivity contribution in [2.45, 2.75) is 43.9 Å². The van der Waals surface area contributed by atoms with E-state index in [9.17, 15) is 14.4 Å². The van der Waals surface area contributed by atoms with Crippen LogP contribution in [0.5, 0.6) is 0 Å². The van der Waals surface area contributed by atoms with E-state index in [1.165, 1.54) is 0 Å². The van der Waals surface area contributed by atoms with Crippen molar-refractivity contribution in [2.24, 2.45) is 0 Å². The number of hydrogen-bond donors (Lipinski definition) is 2. The third kappa shape index (κ3) is 6.21. The molecular weight excluding hydrogens is 599 g/mol. The zero-order valence-electron chi connectivity index (χ0n) is 23.4. The van der Waals surface area contributed by atoms with Crippen LogP contribution in [-0.2, 0) is 16.0 Å². The average Bonchev–Trinajstić information content (AvgIpc) is 3.64. The van der Waals surface area contributed by atoms with E-state index in [4.69, 9.17) is 12.6 Å². The van der Waals surface area contributed by atoms with Gasteiger partial charge in [0.2, 0.25) is 0 Å². The predicted octanol–water partition coefficient (Wildman–Crippen LogP) is 2.21. The first-order valence-corrected chi connectivity index (χ1v) is 15.2. The molecule has 6 rings (SSSR count). The molecule has 3 saturated heterocycles. The molecule has 3 aromatic rings. The number of nitrogens with zero attached hydrogens (tertiary/aromatic N) is 4. The molecule has 2 amide bonds. The van der Waals surface area contributed by atoms with Crippen LogP contribution in [0.2, 0.25) is 0 Å². The number of piperidine rings is 1. The maximum atomic E-state index is 13.6. The van der Waals surface area contributed by atoms with Crippen molar-refractivity contribution in [3.05, 3.63) is 75.2 Å². The number of ether oxygens (including phenoxy) is 1. The minimum atomic E-state index is -0.958. The lowest BCUT2D eigenvalue weighted by Gasteiger charge is -2.46. The van der Waals surface area contributed by atoms with Gasteiger partial charge in [0.1, 0.15) is 7.85 Å². The molecule has 218 valence electrons. The SMILES string of the molecule is [B]c1cc(CC(OC(=O)N2CCC(n3cc(-c4ccccc4)[nH]c3=O)CC2)C(=O)N2CN(C3CCNC3)C2)ccc1Br. The second kappa shape index (κ2) is 12.5. The summed E-state index contributed by atoms with van der Waals surface area (Å²) in [6.45, 7) is 3.84. The highest BCUT2D eigenvalue weighted by Gasteiger charge is 2.39. The van der Waals surface area contributed by atoms with E-state index in [2.05, 4.69) is 31.1 Å². The Morgan fingerprint density at radius 3 is 2.48 bits per heavy atom. The zero-order chi connectivity index (χ0) is 29.2. The second-order valence-corrected chi connectivity index (χ2v) is 12.1. The Hall–Kier alpha value is -3.35. The maximum Gasteiger partial charge on any atom is 0.410 e. The number of halogens is 1. The molecule has 3 aliphatic rings. The highest BCUT2D eigenvalue weighted by Crippen LogP contribution is 2.25. The molecule has 0 spiro atoms. The molecule has 2 aromatic carbocycles. The maximum absolute atomic E-state index is 13.6. The molecule has 0 aliphatic carbocycles. The largest absolute Gasteiger partial charge is 0.436 e. The van der Waals surface area contributed by atoms with Crippen LogP contribution in [0.15, 0.2) is 64.0 Å². The Kier molecular flexibility index (Phi) is 8.55. The summed E-state index contributed by atoms with van der Waals surface area (Å²) in [5, 5.41) is 3.36. The van der Waals surface area contributed by atoms with Gasteiger partial charge in [-0.25, -0.2) is 9.59 Å². The summed E-state index contributed by atoms with van der Waals surface area (Å²) < 4.78 is 8.41. The summed E-state index contributed by atoms with van der Waals surface area (Å²) in [4.78, 5) is 48.2. The van der Waals surface area contributed by atoms with Crippen molar-refractivity contribution in [2.75, 3.05) is 39.5 Å². The Balaban J connectivity index is 1.09. The molecule has 2 N–H and O–H groups in total. The van der Waals surface area contributed by atoms with E-state index < -0.39 is 12.2 Å². The topological polar surface area (TPSA) is 103 Å². The molecule has 4 heterocycles. The molecule has 0 bridgehead atoms. The van der Waals surface area contributed by atoms with Crippen molar-refractivity contribution >= 4 is 41.2 Å². The number of carbonyl (C=O) groups excluding carboxylic acids is 2. The molecule has 2 unspecified atom stereocenters. The summed E-state index contributed by atoms with van der Waals surface area (Å²) >= 11 is 3.41. The smallest absolute Gasteiger partial charge is 0.410 e. The van der Waals surface area contributed by atoms with Gasteiger partial charge < -0.3 is 24.8 Å². The third-order valence-corrected chi connectivity index (χ3v) is 9.23. The Morgan fingerprint density at radius 2 is 1.79 bits per heavy atom. The van der Waals surface area contributed by atoms with E-state index in [0.717, 1.165) is 40.8 Å². The normalized spacial score (nSPS) is 20.4. The first kappa shape index (κ1) is 28.8. The number of imidazole rings is 1. The molecule has 3 fully saturated rings. The van der Waals surface area contributed by atoms with Crippen LogP contribution in [-0.4, -0.2) is 95.8 Å². The van der Waals surface area contributed by atoms with Gasteiger partial charge in [0.15, 0.2) is 6.10 Å². The van der Waals surface area contributed by atoms with Crippen molar-refractivity contribution in [1.82, 2.24) is 29.6 Å². The number of carbonyl (C=O) groups is 2. The third-order valence-electron chi connectivity index (χ3n) is 8.51. The number of H-pyrrole nitrogens is 1. The van der Waals surface area contributed by atoms with Crippen LogP contribution in [0.3, 0.4) is 0 Å². The summed E-state index contributed by atoms with van der Waals surface area (Å²) in [5.41, 5.74) is 2.94. The molecule has 10 nitrogen and oxygen atoms in total. The van der Waals surface area contributed by atoms with Gasteiger partial charge in [0.25, 0.3) is 5.91 Å². The van der Waals surface area contributed by atoms with Gasteiger partial charge in [-0.15, -0.1) is 0 Å². The van der Waals surface area contributed by atoms with Gasteiger partial charge in [-0.3, -0.25) is 14.3 Å². The van der Waals surface area contributed by atoms with E-state index in [0.29, 0.717) is 50.8 Å². The van der Waals surface area contributed by atoms with Crippen LogP contribution < -0.4 is 16.5 Å². The van der Waals surface area contributed by atoms with Gasteiger partial charge in [-0.05, 0) is 43.0 Å². The summed E-state index contributed by atoms with van der Waals surface area (Å²) in [7, 11) is 6.08. The molecule has 2 radical (unpaired) electrons. The fraction of sp³-hybridized carbons (Fsp3) is 0.433. The quantitative estimate of drug-likeness (QED) is 0.387. The standard InChI is InChI=1S/C30H34BBrN6O4/c31-24-14-20(6-7-25(24)32)15-27(28(39)37-18-36(19-37)23-8-11-33-16-23)42-30(41)35-12-9-22(10-13-35)38-17-26(34-29(38)40)21-4-2-1-3-5-21/h1-7,14,17,22-23,27,33H,8-13,15-16,18-19H2,(H,34,40). The van der Waals surface area contributed by atoms with Gasteiger partial charge >= 0.3 is 11.8 Å². The average molecular weight is 633 g/mol. The molecule has 0 saturated carbocycles. The van der Waals surface area contributed by atoms with Gasteiger partial charge in [-0.2, -0.15) is 0 Å². The first-order valence-electron chi connectivity index (χ1n) is 14.5. The molecule has 1 aromatic heterocycles. The number of aromatic amines is 1. The molecule has 2 atom stereocenters. The minimum Gasteiger partial charge on any atom is -0.436 e. The number of amides is 2. The van der Waals surface area contributed by atoms with E-state index in [1.54, 1.807) is 20.4 Å².